The third kappa shape index (κ3) is 2.40. The topological polar surface area (TPSA) is 26.0 Å². The third-order valence-electron chi connectivity index (χ3n) is 4.11. The fraction of sp³-hybridized carbons (Fsp3) is 0.412. The Morgan fingerprint density at radius 3 is 2.60 bits per heavy atom. The molecule has 3 rings (SSSR count). The van der Waals surface area contributed by atoms with Gasteiger partial charge in [-0.25, -0.2) is 4.39 Å². The van der Waals surface area contributed by atoms with Crippen LogP contribution in [0.5, 0.6) is 0 Å². The number of rotatable bonds is 2. The molecule has 3 heteroatoms. The predicted octanol–water partition coefficient (Wildman–Crippen LogP) is 4.43. The summed E-state index contributed by atoms with van der Waals surface area (Å²) in [5.74, 6) is -0.179. The zero-order chi connectivity index (χ0) is 14.3. The first-order valence-corrected chi connectivity index (χ1v) is 8.01. The smallest absolute Gasteiger partial charge is 0.128 e. The molecule has 1 nitrogen and oxygen atoms in total. The van der Waals surface area contributed by atoms with Gasteiger partial charge in [0.2, 0.25) is 0 Å². The molecule has 0 bridgehead atoms. The van der Waals surface area contributed by atoms with Crippen LogP contribution in [0.25, 0.3) is 0 Å². The highest BCUT2D eigenvalue weighted by Crippen LogP contribution is 2.36. The summed E-state index contributed by atoms with van der Waals surface area (Å²) >= 11 is 1.77. The van der Waals surface area contributed by atoms with Crippen molar-refractivity contribution in [2.45, 2.75) is 45.6 Å². The molecule has 0 saturated heterocycles. The van der Waals surface area contributed by atoms with Gasteiger partial charge in [0.1, 0.15) is 5.82 Å². The van der Waals surface area contributed by atoms with Gasteiger partial charge in [-0.15, -0.1) is 11.3 Å². The Balaban J connectivity index is 2.00. The average Bonchev–Trinajstić information content (AvgIpc) is 2.81. The number of fused-ring (bicyclic) bond motifs is 1. The fourth-order valence-electron chi connectivity index (χ4n) is 3.13. The van der Waals surface area contributed by atoms with Crippen molar-refractivity contribution in [3.8, 4) is 0 Å². The van der Waals surface area contributed by atoms with E-state index in [1.165, 1.54) is 23.3 Å². The van der Waals surface area contributed by atoms with E-state index in [0.717, 1.165) is 28.8 Å². The summed E-state index contributed by atoms with van der Waals surface area (Å²) < 4.78 is 14.3. The second kappa shape index (κ2) is 5.30. The Hall–Kier alpha value is -1.19. The predicted molar refractivity (Wildman–Crippen MR) is 82.9 cm³/mol. The molecule has 1 aliphatic rings. The molecule has 0 aliphatic heterocycles. The molecular weight excluding hydrogens is 269 g/mol. The summed E-state index contributed by atoms with van der Waals surface area (Å²) in [6.45, 7) is 3.86. The molecule has 106 valence electrons. The molecule has 0 saturated carbocycles. The van der Waals surface area contributed by atoms with Crippen molar-refractivity contribution < 1.29 is 4.39 Å². The number of nitrogens with two attached hydrogens (primary N) is 1. The van der Waals surface area contributed by atoms with Gasteiger partial charge in [-0.3, -0.25) is 0 Å². The van der Waals surface area contributed by atoms with Crippen LogP contribution < -0.4 is 5.73 Å². The van der Waals surface area contributed by atoms with Gasteiger partial charge in [0.25, 0.3) is 0 Å². The maximum atomic E-state index is 14.3. The number of aryl methyl sites for hydroxylation is 4. The molecule has 1 aromatic carbocycles. The quantitative estimate of drug-likeness (QED) is 0.869. The lowest BCUT2D eigenvalue weighted by Gasteiger charge is -2.15. The molecule has 20 heavy (non-hydrogen) atoms. The van der Waals surface area contributed by atoms with Gasteiger partial charge >= 0.3 is 0 Å². The van der Waals surface area contributed by atoms with Crippen LogP contribution in [-0.4, -0.2) is 0 Å². The molecule has 2 aromatic rings. The van der Waals surface area contributed by atoms with E-state index in [4.69, 9.17) is 5.73 Å². The SMILES string of the molecule is Cc1cc(C)c(C(N)c2cc3c(s2)CCCC3)c(F)c1. The minimum absolute atomic E-state index is 0.179. The average molecular weight is 289 g/mol. The summed E-state index contributed by atoms with van der Waals surface area (Å²) in [4.78, 5) is 2.55. The molecule has 0 amide bonds. The number of hydrogen-bond acceptors (Lipinski definition) is 2. The van der Waals surface area contributed by atoms with Crippen molar-refractivity contribution in [3.63, 3.8) is 0 Å². The van der Waals surface area contributed by atoms with Crippen molar-refractivity contribution >= 4 is 11.3 Å². The molecule has 1 aliphatic carbocycles. The lowest BCUT2D eigenvalue weighted by Crippen LogP contribution is -2.14. The first kappa shape index (κ1) is 13.8. The number of hydrogen-bond donors (Lipinski definition) is 1. The molecule has 1 atom stereocenters. The second-order valence-corrected chi connectivity index (χ2v) is 6.93. The van der Waals surface area contributed by atoms with E-state index in [0.29, 0.717) is 5.56 Å². The van der Waals surface area contributed by atoms with Crippen molar-refractivity contribution in [3.05, 3.63) is 56.0 Å². The fourth-order valence-corrected chi connectivity index (χ4v) is 4.40. The van der Waals surface area contributed by atoms with Crippen LogP contribution in [0.3, 0.4) is 0 Å². The van der Waals surface area contributed by atoms with Crippen LogP contribution in [-0.2, 0) is 12.8 Å². The minimum atomic E-state index is -0.341. The highest BCUT2D eigenvalue weighted by Gasteiger charge is 2.21. The van der Waals surface area contributed by atoms with Crippen LogP contribution >= 0.6 is 11.3 Å². The van der Waals surface area contributed by atoms with Crippen molar-refractivity contribution in [2.24, 2.45) is 5.73 Å². The summed E-state index contributed by atoms with van der Waals surface area (Å²) in [6.07, 6.45) is 4.83. The highest BCUT2D eigenvalue weighted by atomic mass is 32.1. The summed E-state index contributed by atoms with van der Waals surface area (Å²) in [7, 11) is 0. The van der Waals surface area contributed by atoms with E-state index in [1.54, 1.807) is 17.4 Å². The van der Waals surface area contributed by atoms with E-state index in [2.05, 4.69) is 6.07 Å². The van der Waals surface area contributed by atoms with Gasteiger partial charge in [-0.1, -0.05) is 6.07 Å². The summed E-state index contributed by atoms with van der Waals surface area (Å²) in [5.41, 5.74) is 10.3. The van der Waals surface area contributed by atoms with Crippen LogP contribution in [0.1, 0.15) is 50.9 Å². The Labute approximate surface area is 123 Å². The maximum Gasteiger partial charge on any atom is 0.128 e. The van der Waals surface area contributed by atoms with Gasteiger partial charge < -0.3 is 5.73 Å². The lowest BCUT2D eigenvalue weighted by atomic mass is 9.95. The van der Waals surface area contributed by atoms with Crippen LogP contribution in [0.15, 0.2) is 18.2 Å². The Morgan fingerprint density at radius 1 is 1.15 bits per heavy atom. The first-order chi connectivity index (χ1) is 9.56. The molecule has 1 unspecified atom stereocenters. The Kier molecular flexibility index (Phi) is 3.65. The van der Waals surface area contributed by atoms with Crippen molar-refractivity contribution in [1.29, 1.82) is 0 Å². The van der Waals surface area contributed by atoms with Gasteiger partial charge in [-0.2, -0.15) is 0 Å². The number of thiophene rings is 1. The molecule has 0 spiro atoms. The van der Waals surface area contributed by atoms with Gasteiger partial charge in [0, 0.05) is 15.3 Å². The molecule has 0 radical (unpaired) electrons. The summed E-state index contributed by atoms with van der Waals surface area (Å²) in [5, 5.41) is 0. The van der Waals surface area contributed by atoms with E-state index in [-0.39, 0.29) is 11.9 Å². The van der Waals surface area contributed by atoms with E-state index < -0.39 is 0 Å². The second-order valence-electron chi connectivity index (χ2n) is 5.76. The van der Waals surface area contributed by atoms with Crippen molar-refractivity contribution in [1.82, 2.24) is 0 Å². The third-order valence-corrected chi connectivity index (χ3v) is 5.43. The zero-order valence-electron chi connectivity index (χ0n) is 12.0. The van der Waals surface area contributed by atoms with E-state index in [9.17, 15) is 4.39 Å². The number of halogens is 1. The molecule has 1 heterocycles. The lowest BCUT2D eigenvalue weighted by molar-refractivity contribution is 0.597. The highest BCUT2D eigenvalue weighted by molar-refractivity contribution is 7.12. The Morgan fingerprint density at radius 2 is 1.90 bits per heavy atom. The first-order valence-electron chi connectivity index (χ1n) is 7.20. The monoisotopic (exact) mass is 289 g/mol. The van der Waals surface area contributed by atoms with Gasteiger partial charge in [0.15, 0.2) is 0 Å². The maximum absolute atomic E-state index is 14.3. The van der Waals surface area contributed by atoms with Crippen LogP contribution in [0.4, 0.5) is 4.39 Å². The normalized spacial score (nSPS) is 16.0. The number of benzene rings is 1. The largest absolute Gasteiger partial charge is 0.320 e. The van der Waals surface area contributed by atoms with E-state index >= 15 is 0 Å². The van der Waals surface area contributed by atoms with Crippen molar-refractivity contribution in [2.75, 3.05) is 0 Å². The zero-order valence-corrected chi connectivity index (χ0v) is 12.8. The van der Waals surface area contributed by atoms with Gasteiger partial charge in [0.05, 0.1) is 6.04 Å². The van der Waals surface area contributed by atoms with Crippen LogP contribution in [0.2, 0.25) is 0 Å². The summed E-state index contributed by atoms with van der Waals surface area (Å²) in [6, 6.07) is 5.44. The molecule has 2 N–H and O–H groups in total. The van der Waals surface area contributed by atoms with Crippen LogP contribution in [0, 0.1) is 19.7 Å². The minimum Gasteiger partial charge on any atom is -0.320 e. The van der Waals surface area contributed by atoms with Gasteiger partial charge in [-0.05, 0) is 68.4 Å². The Bertz CT molecular complexity index is 598. The molecular formula is C17H20FNS. The standard InChI is InChI=1S/C17H20FNS/c1-10-7-11(2)16(13(18)8-10)17(19)15-9-12-5-3-4-6-14(12)20-15/h7-9,17H,3-6,19H2,1-2H3. The molecule has 0 fully saturated rings. The molecule has 1 aromatic heterocycles. The van der Waals surface area contributed by atoms with E-state index in [1.807, 2.05) is 19.9 Å².